The molecule has 5 nitrogen and oxygen atoms in total. The molecule has 0 aromatic heterocycles. The molecule has 21 heavy (non-hydrogen) atoms. The largest absolute Gasteiger partial charge is 0.396 e. The maximum Gasteiger partial charge on any atom is 0.0543 e. The maximum atomic E-state index is 10.0. The molecule has 0 aliphatic rings. The predicted octanol–water partition coefficient (Wildman–Crippen LogP) is 2.39. The molecule has 0 aliphatic heterocycles. The monoisotopic (exact) mass is 307 g/mol. The molecule has 7 N–H and O–H groups in total. The Morgan fingerprint density at radius 2 is 1.10 bits per heavy atom. The van der Waals surface area contributed by atoms with Gasteiger partial charge in [-0.1, -0.05) is 20.8 Å². The third-order valence-corrected chi connectivity index (χ3v) is 4.28. The van der Waals surface area contributed by atoms with Gasteiger partial charge in [-0.15, -0.1) is 0 Å². The fraction of sp³-hybridized carbons (Fsp3) is 1.00. The lowest BCUT2D eigenvalue weighted by Gasteiger charge is -2.38. The van der Waals surface area contributed by atoms with Crippen molar-refractivity contribution in [1.82, 2.24) is 6.15 Å². The molecule has 0 bridgehead atoms. The van der Waals surface area contributed by atoms with E-state index in [4.69, 9.17) is 5.11 Å². The van der Waals surface area contributed by atoms with Crippen LogP contribution >= 0.6 is 0 Å². The minimum absolute atomic E-state index is 0. The first-order valence-corrected chi connectivity index (χ1v) is 8.08. The highest BCUT2D eigenvalue weighted by molar-refractivity contribution is 4.86. The van der Waals surface area contributed by atoms with Gasteiger partial charge in [-0.3, -0.25) is 0 Å². The van der Waals surface area contributed by atoms with Crippen LogP contribution in [-0.2, 0) is 0 Å². The SMILES string of the molecule is CCC(O)CC(CCCO)(CC(O)CC)CC(O)CC.N. The van der Waals surface area contributed by atoms with E-state index in [1.165, 1.54) is 0 Å². The van der Waals surface area contributed by atoms with Crippen LogP contribution in [0.5, 0.6) is 0 Å². The molecule has 0 radical (unpaired) electrons. The average molecular weight is 307 g/mol. The van der Waals surface area contributed by atoms with Crippen LogP contribution in [0.15, 0.2) is 0 Å². The van der Waals surface area contributed by atoms with Crippen molar-refractivity contribution in [2.45, 2.75) is 90.4 Å². The first-order valence-electron chi connectivity index (χ1n) is 8.08. The van der Waals surface area contributed by atoms with Crippen molar-refractivity contribution >= 4 is 0 Å². The first-order chi connectivity index (χ1) is 9.42. The molecule has 130 valence electrons. The summed E-state index contributed by atoms with van der Waals surface area (Å²) in [5.74, 6) is 0. The van der Waals surface area contributed by atoms with Crippen molar-refractivity contribution in [3.05, 3.63) is 0 Å². The van der Waals surface area contributed by atoms with Gasteiger partial charge in [-0.25, -0.2) is 0 Å². The Hall–Kier alpha value is -0.200. The van der Waals surface area contributed by atoms with Crippen LogP contribution in [0.1, 0.15) is 72.1 Å². The molecule has 0 saturated carbocycles. The second-order valence-corrected chi connectivity index (χ2v) is 6.13. The van der Waals surface area contributed by atoms with E-state index < -0.39 is 18.3 Å². The zero-order chi connectivity index (χ0) is 15.6. The predicted molar refractivity (Wildman–Crippen MR) is 86.5 cm³/mol. The van der Waals surface area contributed by atoms with Gasteiger partial charge in [0.15, 0.2) is 0 Å². The molecule has 0 aliphatic carbocycles. The van der Waals surface area contributed by atoms with Gasteiger partial charge in [-0.2, -0.15) is 0 Å². The van der Waals surface area contributed by atoms with Crippen molar-refractivity contribution in [3.8, 4) is 0 Å². The molecule has 0 saturated heterocycles. The van der Waals surface area contributed by atoms with Crippen molar-refractivity contribution < 1.29 is 20.4 Å². The summed E-state index contributed by atoms with van der Waals surface area (Å²) in [5, 5.41) is 39.2. The Kier molecular flexibility index (Phi) is 13.6. The molecule has 0 spiro atoms. The topological polar surface area (TPSA) is 116 Å². The molecule has 3 atom stereocenters. The highest BCUT2D eigenvalue weighted by atomic mass is 16.3. The average Bonchev–Trinajstić information content (AvgIpc) is 2.44. The van der Waals surface area contributed by atoms with Crippen LogP contribution in [-0.4, -0.2) is 45.3 Å². The maximum absolute atomic E-state index is 10.0. The van der Waals surface area contributed by atoms with E-state index in [1.807, 2.05) is 20.8 Å². The van der Waals surface area contributed by atoms with Crippen molar-refractivity contribution in [2.24, 2.45) is 5.41 Å². The summed E-state index contributed by atoms with van der Waals surface area (Å²) in [6, 6.07) is 0. The summed E-state index contributed by atoms with van der Waals surface area (Å²) in [7, 11) is 0. The minimum atomic E-state index is -0.415. The zero-order valence-corrected chi connectivity index (χ0v) is 14.1. The molecular weight excluding hydrogens is 270 g/mol. The Morgan fingerprint density at radius 3 is 1.33 bits per heavy atom. The highest BCUT2D eigenvalue weighted by Gasteiger charge is 2.35. The molecule has 0 amide bonds. The molecule has 0 aromatic rings. The van der Waals surface area contributed by atoms with Gasteiger partial charge in [0.2, 0.25) is 0 Å². The smallest absolute Gasteiger partial charge is 0.0543 e. The van der Waals surface area contributed by atoms with E-state index in [9.17, 15) is 15.3 Å². The van der Waals surface area contributed by atoms with Gasteiger partial charge in [0.05, 0.1) is 18.3 Å². The molecule has 0 fully saturated rings. The Morgan fingerprint density at radius 1 is 0.762 bits per heavy atom. The highest BCUT2D eigenvalue weighted by Crippen LogP contribution is 2.41. The quantitative estimate of drug-likeness (QED) is 0.379. The Labute approximate surface area is 130 Å². The normalized spacial score (nSPS) is 18.4. The lowest BCUT2D eigenvalue weighted by molar-refractivity contribution is -0.00179. The van der Waals surface area contributed by atoms with E-state index in [1.54, 1.807) is 0 Å². The van der Waals surface area contributed by atoms with Crippen molar-refractivity contribution in [3.63, 3.8) is 0 Å². The number of aliphatic hydroxyl groups is 4. The third-order valence-electron chi connectivity index (χ3n) is 4.28. The van der Waals surface area contributed by atoms with Crippen molar-refractivity contribution in [1.29, 1.82) is 0 Å². The van der Waals surface area contributed by atoms with Gasteiger partial charge in [-0.05, 0) is 56.8 Å². The van der Waals surface area contributed by atoms with E-state index in [-0.39, 0.29) is 18.2 Å². The van der Waals surface area contributed by atoms with Crippen LogP contribution in [0.25, 0.3) is 0 Å². The van der Waals surface area contributed by atoms with Crippen molar-refractivity contribution in [2.75, 3.05) is 6.61 Å². The summed E-state index contributed by atoms with van der Waals surface area (Å²) >= 11 is 0. The fourth-order valence-electron chi connectivity index (χ4n) is 2.94. The van der Waals surface area contributed by atoms with Crippen LogP contribution in [0.4, 0.5) is 0 Å². The Balaban J connectivity index is 0. The molecule has 5 heteroatoms. The van der Waals surface area contributed by atoms with Gasteiger partial charge >= 0.3 is 0 Å². The van der Waals surface area contributed by atoms with E-state index in [0.29, 0.717) is 44.9 Å². The zero-order valence-electron chi connectivity index (χ0n) is 14.1. The minimum Gasteiger partial charge on any atom is -0.396 e. The number of aliphatic hydroxyl groups excluding tert-OH is 4. The molecular formula is C16H37NO4. The summed E-state index contributed by atoms with van der Waals surface area (Å²) < 4.78 is 0. The summed E-state index contributed by atoms with van der Waals surface area (Å²) in [5.41, 5.74) is -0.289. The number of hydrogen-bond acceptors (Lipinski definition) is 5. The molecule has 0 heterocycles. The van der Waals surface area contributed by atoms with Gasteiger partial charge in [0.1, 0.15) is 0 Å². The van der Waals surface area contributed by atoms with E-state index >= 15 is 0 Å². The second-order valence-electron chi connectivity index (χ2n) is 6.13. The molecule has 3 unspecified atom stereocenters. The van der Waals surface area contributed by atoms with Gasteiger partial charge in [0, 0.05) is 6.61 Å². The fourth-order valence-corrected chi connectivity index (χ4v) is 2.94. The number of hydrogen-bond donors (Lipinski definition) is 5. The summed E-state index contributed by atoms with van der Waals surface area (Å²) in [4.78, 5) is 0. The first kappa shape index (κ1) is 23.1. The lowest BCUT2D eigenvalue weighted by Crippen LogP contribution is -2.34. The molecule has 0 rings (SSSR count). The van der Waals surface area contributed by atoms with Gasteiger partial charge in [0.25, 0.3) is 0 Å². The third kappa shape index (κ3) is 9.42. The Bertz CT molecular complexity index is 207. The molecule has 0 aromatic carbocycles. The van der Waals surface area contributed by atoms with Crippen LogP contribution < -0.4 is 6.15 Å². The van der Waals surface area contributed by atoms with Gasteiger partial charge < -0.3 is 26.6 Å². The van der Waals surface area contributed by atoms with E-state index in [2.05, 4.69) is 0 Å². The standard InChI is InChI=1S/C16H34O4.H3N/c1-4-13(18)10-16(8-7-9-17,11-14(19)5-2)12-15(20)6-3;/h13-15,17-20H,4-12H2,1-3H3;1H3. The summed E-state index contributed by atoms with van der Waals surface area (Å²) in [6.07, 6.45) is 3.89. The van der Waals surface area contributed by atoms with E-state index in [0.717, 1.165) is 6.42 Å². The van der Waals surface area contributed by atoms with Crippen LogP contribution in [0.2, 0.25) is 0 Å². The number of rotatable bonds is 12. The lowest BCUT2D eigenvalue weighted by atomic mass is 9.69. The summed E-state index contributed by atoms with van der Waals surface area (Å²) in [6.45, 7) is 5.92. The van der Waals surface area contributed by atoms with Crippen LogP contribution in [0, 0.1) is 5.41 Å². The van der Waals surface area contributed by atoms with Crippen LogP contribution in [0.3, 0.4) is 0 Å². The second kappa shape index (κ2) is 12.4.